The van der Waals surface area contributed by atoms with E-state index in [2.05, 4.69) is 25.1 Å². The van der Waals surface area contributed by atoms with Gasteiger partial charge in [0.05, 0.1) is 24.6 Å². The first kappa shape index (κ1) is 22.5. The predicted octanol–water partition coefficient (Wildman–Crippen LogP) is 3.44. The van der Waals surface area contributed by atoms with E-state index in [0.29, 0.717) is 41.4 Å². The van der Waals surface area contributed by atoms with Gasteiger partial charge in [0, 0.05) is 43.2 Å². The van der Waals surface area contributed by atoms with Gasteiger partial charge >= 0.3 is 6.18 Å². The highest BCUT2D eigenvalue weighted by molar-refractivity contribution is 6.30. The smallest absolute Gasteiger partial charge is 0.339 e. The summed E-state index contributed by atoms with van der Waals surface area (Å²) in [5.41, 5.74) is 1.46. The number of alkyl halides is 3. The Kier molecular flexibility index (Phi) is 4.98. The van der Waals surface area contributed by atoms with Crippen LogP contribution in [0.2, 0.25) is 5.02 Å². The maximum Gasteiger partial charge on any atom is 0.403 e. The zero-order valence-corrected chi connectivity index (χ0v) is 19.4. The van der Waals surface area contributed by atoms with E-state index in [1.165, 1.54) is 4.90 Å². The Hall–Kier alpha value is -2.99. The monoisotopic (exact) mass is 508 g/mol. The molecule has 5 heterocycles. The molecule has 13 heteroatoms. The van der Waals surface area contributed by atoms with Gasteiger partial charge in [0.2, 0.25) is 11.9 Å². The van der Waals surface area contributed by atoms with Crippen LogP contribution in [0, 0.1) is 11.2 Å². The minimum atomic E-state index is -4.37. The zero-order chi connectivity index (χ0) is 24.5. The Balaban J connectivity index is 1.25. The molecule has 1 spiro atoms. The highest BCUT2D eigenvalue weighted by Gasteiger charge is 2.54. The quantitative estimate of drug-likeness (QED) is 0.502. The number of fused-ring (bicyclic) bond motifs is 3. The fraction of sp³-hybridized carbons (Fsp3) is 0.455. The molecule has 0 bridgehead atoms. The molecule has 0 N–H and O–H groups in total. The van der Waals surface area contributed by atoms with Crippen molar-refractivity contribution in [2.24, 2.45) is 5.41 Å². The molecule has 0 amide bonds. The molecular formula is C22H21ClF4N8. The van der Waals surface area contributed by atoms with Gasteiger partial charge in [-0.3, -0.25) is 9.47 Å². The van der Waals surface area contributed by atoms with Crippen LogP contribution in [0.1, 0.15) is 18.3 Å². The average molecular weight is 509 g/mol. The van der Waals surface area contributed by atoms with Gasteiger partial charge in [0.15, 0.2) is 11.6 Å². The Morgan fingerprint density at radius 3 is 2.37 bits per heavy atom. The van der Waals surface area contributed by atoms with E-state index in [1.54, 1.807) is 12.1 Å². The van der Waals surface area contributed by atoms with Crippen LogP contribution in [0.3, 0.4) is 0 Å². The molecule has 0 saturated carbocycles. The summed E-state index contributed by atoms with van der Waals surface area (Å²) >= 11 is 6.20. The topological polar surface area (TPSA) is 66.2 Å². The van der Waals surface area contributed by atoms with Gasteiger partial charge in [-0.15, -0.1) is 10.2 Å². The van der Waals surface area contributed by atoms with E-state index in [4.69, 9.17) is 11.6 Å². The van der Waals surface area contributed by atoms with Crippen LogP contribution in [-0.2, 0) is 13.1 Å². The lowest BCUT2D eigenvalue weighted by Crippen LogP contribution is -2.73. The lowest BCUT2D eigenvalue weighted by molar-refractivity contribution is -0.182. The van der Waals surface area contributed by atoms with Crippen molar-refractivity contribution in [1.29, 1.82) is 0 Å². The van der Waals surface area contributed by atoms with Crippen LogP contribution in [0.25, 0.3) is 5.69 Å². The Morgan fingerprint density at radius 2 is 1.69 bits per heavy atom. The molecule has 3 aromatic rings. The number of nitrogens with zero attached hydrogens (tertiary/aromatic N) is 8. The first-order valence-corrected chi connectivity index (χ1v) is 11.5. The Labute approximate surface area is 203 Å². The van der Waals surface area contributed by atoms with Gasteiger partial charge in [-0.25, -0.2) is 14.4 Å². The molecular weight excluding hydrogens is 488 g/mol. The largest absolute Gasteiger partial charge is 0.403 e. The number of rotatable bonds is 3. The number of hydrogen-bond acceptors (Lipinski definition) is 7. The summed E-state index contributed by atoms with van der Waals surface area (Å²) in [7, 11) is 0. The predicted molar refractivity (Wildman–Crippen MR) is 120 cm³/mol. The molecule has 184 valence electrons. The van der Waals surface area contributed by atoms with Gasteiger partial charge < -0.3 is 9.80 Å². The number of halogens is 5. The number of hydrogen-bond donors (Lipinski definition) is 0. The van der Waals surface area contributed by atoms with Crippen LogP contribution >= 0.6 is 11.6 Å². The second kappa shape index (κ2) is 7.76. The minimum absolute atomic E-state index is 0.00857. The van der Waals surface area contributed by atoms with E-state index >= 15 is 0 Å². The zero-order valence-electron chi connectivity index (χ0n) is 18.7. The van der Waals surface area contributed by atoms with Crippen molar-refractivity contribution in [3.63, 3.8) is 0 Å². The molecule has 0 radical (unpaired) electrons. The number of aromatic nitrogens is 5. The summed E-state index contributed by atoms with van der Waals surface area (Å²) in [5.74, 6) is 1.08. The molecule has 2 saturated heterocycles. The third-order valence-corrected chi connectivity index (χ3v) is 7.25. The molecule has 2 aromatic heterocycles. The summed E-state index contributed by atoms with van der Waals surface area (Å²) < 4.78 is 55.6. The van der Waals surface area contributed by atoms with E-state index in [1.807, 2.05) is 15.5 Å². The van der Waals surface area contributed by atoms with Crippen molar-refractivity contribution in [2.45, 2.75) is 32.2 Å². The molecule has 3 aliphatic heterocycles. The summed E-state index contributed by atoms with van der Waals surface area (Å²) in [5, 5.41) is 9.11. The van der Waals surface area contributed by atoms with Crippen LogP contribution < -0.4 is 9.80 Å². The summed E-state index contributed by atoms with van der Waals surface area (Å²) in [6, 6.07) is 3.59. The molecule has 2 fully saturated rings. The normalized spacial score (nSPS) is 20.1. The minimum Gasteiger partial charge on any atom is -0.339 e. The number of anilines is 2. The Bertz CT molecular complexity index is 1260. The number of benzene rings is 1. The van der Waals surface area contributed by atoms with Crippen LogP contribution in [0.4, 0.5) is 29.5 Å². The van der Waals surface area contributed by atoms with Gasteiger partial charge in [-0.1, -0.05) is 11.6 Å². The van der Waals surface area contributed by atoms with Crippen LogP contribution in [0.15, 0.2) is 30.6 Å². The van der Waals surface area contributed by atoms with Gasteiger partial charge in [-0.2, -0.15) is 13.2 Å². The molecule has 8 nitrogen and oxygen atoms in total. The van der Waals surface area contributed by atoms with Gasteiger partial charge in [-0.05, 0) is 30.7 Å². The molecule has 0 aliphatic carbocycles. The maximum absolute atomic E-state index is 13.5. The fourth-order valence-electron chi connectivity index (χ4n) is 5.18. The molecule has 6 rings (SSSR count). The highest BCUT2D eigenvalue weighted by Crippen LogP contribution is 2.44. The maximum atomic E-state index is 13.5. The van der Waals surface area contributed by atoms with Crippen molar-refractivity contribution in [3.8, 4) is 5.69 Å². The van der Waals surface area contributed by atoms with Crippen molar-refractivity contribution in [1.82, 2.24) is 29.6 Å². The third kappa shape index (κ3) is 3.79. The van der Waals surface area contributed by atoms with Crippen molar-refractivity contribution >= 4 is 23.5 Å². The summed E-state index contributed by atoms with van der Waals surface area (Å²) in [6.45, 7) is 4.16. The lowest BCUT2D eigenvalue weighted by Gasteiger charge is -2.60. The van der Waals surface area contributed by atoms with E-state index < -0.39 is 18.0 Å². The molecule has 1 aromatic carbocycles. The van der Waals surface area contributed by atoms with Gasteiger partial charge in [0.1, 0.15) is 6.04 Å². The van der Waals surface area contributed by atoms with Crippen molar-refractivity contribution in [3.05, 3.63) is 52.8 Å². The molecule has 3 aliphatic rings. The second-order valence-corrected chi connectivity index (χ2v) is 10.00. The second-order valence-electron chi connectivity index (χ2n) is 9.56. The van der Waals surface area contributed by atoms with Crippen LogP contribution in [-0.4, -0.2) is 68.0 Å². The Morgan fingerprint density at radius 1 is 1.00 bits per heavy atom. The molecule has 1 unspecified atom stereocenters. The fourth-order valence-corrected chi connectivity index (χ4v) is 5.37. The van der Waals surface area contributed by atoms with E-state index in [-0.39, 0.29) is 18.5 Å². The summed E-state index contributed by atoms with van der Waals surface area (Å²) in [6.07, 6.45) is -2.07. The van der Waals surface area contributed by atoms with E-state index in [9.17, 15) is 17.6 Å². The lowest BCUT2D eigenvalue weighted by atomic mass is 9.73. The third-order valence-electron chi connectivity index (χ3n) is 7.01. The van der Waals surface area contributed by atoms with Crippen molar-refractivity contribution < 1.29 is 17.6 Å². The standard InChI is InChI=1S/C22H21ClF4N8/c1-13(22(25,26)27)32-7-14-4-15(23)2-3-17(14)35-18(8-32)30-31-20(35)34-11-21(12-34)9-33(10-21)19-28-5-16(24)6-29-19/h2-6,13H,7-12H2,1H3. The van der Waals surface area contributed by atoms with E-state index in [0.717, 1.165) is 38.1 Å². The first-order chi connectivity index (χ1) is 16.6. The first-order valence-electron chi connectivity index (χ1n) is 11.1. The van der Waals surface area contributed by atoms with Gasteiger partial charge in [0.25, 0.3) is 0 Å². The highest BCUT2D eigenvalue weighted by atomic mass is 35.5. The molecule has 1 atom stereocenters. The summed E-state index contributed by atoms with van der Waals surface area (Å²) in [4.78, 5) is 13.5. The SMILES string of the molecule is CC(N1Cc2cc(Cl)ccc2-n2c(nnc2N2CC3(CN(c4ncc(F)cn4)C3)C2)C1)C(F)(F)F. The molecule has 35 heavy (non-hydrogen) atoms. The average Bonchev–Trinajstić information content (AvgIpc) is 3.07. The van der Waals surface area contributed by atoms with Crippen molar-refractivity contribution in [2.75, 3.05) is 36.0 Å². The van der Waals surface area contributed by atoms with Crippen LogP contribution in [0.5, 0.6) is 0 Å².